The van der Waals surface area contributed by atoms with Crippen LogP contribution in [0.3, 0.4) is 0 Å². The highest BCUT2D eigenvalue weighted by molar-refractivity contribution is 9.10. The first kappa shape index (κ1) is 17.8. The first-order chi connectivity index (χ1) is 12.7. The van der Waals surface area contributed by atoms with Crippen molar-refractivity contribution in [2.75, 3.05) is 26.2 Å². The van der Waals surface area contributed by atoms with Gasteiger partial charge in [-0.1, -0.05) is 18.0 Å². The quantitative estimate of drug-likeness (QED) is 0.619. The second-order valence-corrected chi connectivity index (χ2v) is 7.71. The lowest BCUT2D eigenvalue weighted by molar-refractivity contribution is 0.183. The number of rotatable bonds is 5. The summed E-state index contributed by atoms with van der Waals surface area (Å²) in [5.74, 6) is 1.62. The maximum atomic E-state index is 6.29. The van der Waals surface area contributed by atoms with Crippen molar-refractivity contribution in [3.05, 3.63) is 40.0 Å². The minimum absolute atomic E-state index is 0.589. The molecule has 1 N–H and O–H groups in total. The normalized spacial score (nSPS) is 15.5. The third-order valence-electron chi connectivity index (χ3n) is 4.67. The summed E-state index contributed by atoms with van der Waals surface area (Å²) >= 11 is 9.67. The van der Waals surface area contributed by atoms with E-state index in [4.69, 9.17) is 16.3 Å². The van der Waals surface area contributed by atoms with Crippen LogP contribution in [0.1, 0.15) is 19.3 Å². The van der Waals surface area contributed by atoms with Gasteiger partial charge in [-0.15, -0.1) is 0 Å². The fraction of sp³-hybridized carbons (Fsp3) is 0.368. The van der Waals surface area contributed by atoms with Crippen molar-refractivity contribution in [1.29, 1.82) is 0 Å². The van der Waals surface area contributed by atoms with E-state index in [1.165, 1.54) is 32.4 Å². The zero-order valence-electron chi connectivity index (χ0n) is 14.3. The fourth-order valence-corrected chi connectivity index (χ4v) is 3.71. The van der Waals surface area contributed by atoms with Gasteiger partial charge in [-0.05, 0) is 66.1 Å². The molecule has 0 unspecified atom stereocenters. The first-order valence-corrected chi connectivity index (χ1v) is 10.0. The number of nitrogens with zero attached hydrogens (tertiary/aromatic N) is 3. The molecule has 1 aliphatic heterocycles. The molecule has 0 radical (unpaired) electrons. The number of aromatic nitrogens is 3. The van der Waals surface area contributed by atoms with Crippen LogP contribution in [0.5, 0.6) is 5.75 Å². The molecule has 26 heavy (non-hydrogen) atoms. The van der Waals surface area contributed by atoms with Crippen molar-refractivity contribution >= 4 is 38.7 Å². The number of nitrogens with one attached hydrogen (secondary N) is 1. The molecule has 0 bridgehead atoms. The Morgan fingerprint density at radius 2 is 1.92 bits per heavy atom. The fourth-order valence-electron chi connectivity index (χ4n) is 3.23. The maximum Gasteiger partial charge on any atom is 0.179 e. The topological polar surface area (TPSA) is 54.0 Å². The number of aromatic amines is 1. The summed E-state index contributed by atoms with van der Waals surface area (Å²) in [4.78, 5) is 14.5. The van der Waals surface area contributed by atoms with Crippen molar-refractivity contribution in [2.24, 2.45) is 0 Å². The van der Waals surface area contributed by atoms with E-state index in [1.54, 1.807) is 6.20 Å². The Morgan fingerprint density at radius 3 is 2.69 bits per heavy atom. The molecule has 2 aromatic heterocycles. The number of imidazole rings is 1. The molecule has 4 rings (SSSR count). The lowest BCUT2D eigenvalue weighted by Gasteiger charge is -2.26. The minimum Gasteiger partial charge on any atom is -0.492 e. The predicted octanol–water partition coefficient (Wildman–Crippen LogP) is 4.91. The van der Waals surface area contributed by atoms with Crippen LogP contribution in [0.4, 0.5) is 0 Å². The zero-order chi connectivity index (χ0) is 17.9. The van der Waals surface area contributed by atoms with Gasteiger partial charge in [-0.2, -0.15) is 0 Å². The second kappa shape index (κ2) is 7.94. The van der Waals surface area contributed by atoms with Gasteiger partial charge in [0.15, 0.2) is 5.65 Å². The van der Waals surface area contributed by atoms with Gasteiger partial charge in [0.25, 0.3) is 0 Å². The predicted molar refractivity (Wildman–Crippen MR) is 108 cm³/mol. The number of fused-ring (bicyclic) bond motifs is 1. The third-order valence-corrected chi connectivity index (χ3v) is 5.89. The van der Waals surface area contributed by atoms with Crippen LogP contribution in [0, 0.1) is 0 Å². The minimum atomic E-state index is 0.589. The monoisotopic (exact) mass is 434 g/mol. The molecule has 7 heteroatoms. The lowest BCUT2D eigenvalue weighted by Crippen LogP contribution is -2.33. The summed E-state index contributed by atoms with van der Waals surface area (Å²) in [5.41, 5.74) is 2.31. The highest BCUT2D eigenvalue weighted by Crippen LogP contribution is 2.30. The van der Waals surface area contributed by atoms with E-state index in [2.05, 4.69) is 35.8 Å². The number of likely N-dealkylation sites (tertiary alicyclic amines) is 1. The van der Waals surface area contributed by atoms with Crippen LogP contribution in [0.2, 0.25) is 5.02 Å². The molecule has 0 atom stereocenters. The van der Waals surface area contributed by atoms with E-state index < -0.39 is 0 Å². The van der Waals surface area contributed by atoms with Crippen molar-refractivity contribution in [1.82, 2.24) is 19.9 Å². The van der Waals surface area contributed by atoms with Gasteiger partial charge in [-0.3, -0.25) is 4.90 Å². The zero-order valence-corrected chi connectivity index (χ0v) is 16.7. The standard InChI is InChI=1S/C19H20BrClN4O/c20-15-12-22-19-17(16(15)21)23-18(24-19)13-4-6-14(7-5-13)26-11-10-25-8-2-1-3-9-25/h4-7,12H,1-3,8-11H2,(H,22,23,24). The number of hydrogen-bond donors (Lipinski definition) is 1. The van der Waals surface area contributed by atoms with Gasteiger partial charge in [0.2, 0.25) is 0 Å². The van der Waals surface area contributed by atoms with Crippen LogP contribution in [-0.2, 0) is 0 Å². The summed E-state index contributed by atoms with van der Waals surface area (Å²) < 4.78 is 6.63. The van der Waals surface area contributed by atoms with E-state index in [9.17, 15) is 0 Å². The Bertz CT molecular complexity index is 890. The SMILES string of the molecule is Clc1c(Br)cnc2nc(-c3ccc(OCCN4CCCCC4)cc3)[nH]c12. The number of hydrogen-bond acceptors (Lipinski definition) is 4. The van der Waals surface area contributed by atoms with Crippen LogP contribution < -0.4 is 4.74 Å². The summed E-state index contributed by atoms with van der Waals surface area (Å²) in [6, 6.07) is 7.95. The van der Waals surface area contributed by atoms with Gasteiger partial charge in [0.05, 0.1) is 9.50 Å². The number of benzene rings is 1. The molecule has 3 aromatic rings. The summed E-state index contributed by atoms with van der Waals surface area (Å²) in [7, 11) is 0. The molecule has 1 saturated heterocycles. The Hall–Kier alpha value is -1.63. The average molecular weight is 436 g/mol. The number of piperidine rings is 1. The van der Waals surface area contributed by atoms with Gasteiger partial charge in [0.1, 0.15) is 23.7 Å². The molecular weight excluding hydrogens is 416 g/mol. The maximum absolute atomic E-state index is 6.29. The lowest BCUT2D eigenvalue weighted by atomic mass is 10.1. The molecule has 5 nitrogen and oxygen atoms in total. The van der Waals surface area contributed by atoms with Crippen molar-refractivity contribution in [3.63, 3.8) is 0 Å². The van der Waals surface area contributed by atoms with E-state index >= 15 is 0 Å². The van der Waals surface area contributed by atoms with Gasteiger partial charge in [0, 0.05) is 18.3 Å². The number of pyridine rings is 1. The van der Waals surface area contributed by atoms with E-state index in [1.807, 2.05) is 24.3 Å². The third kappa shape index (κ3) is 3.87. The molecule has 0 saturated carbocycles. The second-order valence-electron chi connectivity index (χ2n) is 6.48. The summed E-state index contributed by atoms with van der Waals surface area (Å²) in [6.07, 6.45) is 5.64. The van der Waals surface area contributed by atoms with Gasteiger partial charge in [-0.25, -0.2) is 9.97 Å². The molecule has 0 spiro atoms. The highest BCUT2D eigenvalue weighted by Gasteiger charge is 2.12. The molecular formula is C19H20BrClN4O. The molecule has 136 valence electrons. The molecule has 0 amide bonds. The van der Waals surface area contributed by atoms with Crippen LogP contribution in [-0.4, -0.2) is 46.1 Å². The number of H-pyrrole nitrogens is 1. The first-order valence-electron chi connectivity index (χ1n) is 8.86. The van der Waals surface area contributed by atoms with E-state index in [0.717, 1.165) is 40.3 Å². The molecule has 1 aromatic carbocycles. The smallest absolute Gasteiger partial charge is 0.179 e. The Labute approximate surface area is 165 Å². The van der Waals surface area contributed by atoms with Crippen LogP contribution in [0.25, 0.3) is 22.6 Å². The highest BCUT2D eigenvalue weighted by atomic mass is 79.9. The van der Waals surface area contributed by atoms with Gasteiger partial charge < -0.3 is 9.72 Å². The van der Waals surface area contributed by atoms with Crippen LogP contribution in [0.15, 0.2) is 34.9 Å². The Balaban J connectivity index is 1.41. The Morgan fingerprint density at radius 1 is 1.15 bits per heavy atom. The van der Waals surface area contributed by atoms with Crippen molar-refractivity contribution in [3.8, 4) is 17.1 Å². The van der Waals surface area contributed by atoms with Crippen molar-refractivity contribution in [2.45, 2.75) is 19.3 Å². The summed E-state index contributed by atoms with van der Waals surface area (Å²) in [6.45, 7) is 4.10. The molecule has 3 heterocycles. The summed E-state index contributed by atoms with van der Waals surface area (Å²) in [5, 5.41) is 0.589. The van der Waals surface area contributed by atoms with E-state index in [-0.39, 0.29) is 0 Å². The van der Waals surface area contributed by atoms with Crippen LogP contribution >= 0.6 is 27.5 Å². The number of ether oxygens (including phenoxy) is 1. The average Bonchev–Trinajstić information content (AvgIpc) is 3.11. The Kier molecular flexibility index (Phi) is 5.43. The van der Waals surface area contributed by atoms with E-state index in [0.29, 0.717) is 10.7 Å². The number of halogens is 2. The molecule has 0 aliphatic carbocycles. The molecule has 1 fully saturated rings. The molecule has 1 aliphatic rings. The van der Waals surface area contributed by atoms with Crippen molar-refractivity contribution < 1.29 is 4.74 Å². The van der Waals surface area contributed by atoms with Gasteiger partial charge >= 0.3 is 0 Å². The largest absolute Gasteiger partial charge is 0.492 e.